The fraction of sp³-hybridized carbons (Fsp3) is 0.156. The van der Waals surface area contributed by atoms with Crippen LogP contribution in [0.25, 0.3) is 43.5 Å². The maximum absolute atomic E-state index is 13.2. The van der Waals surface area contributed by atoms with Crippen molar-refractivity contribution in [3.8, 4) is 0 Å². The molecule has 0 spiro atoms. The summed E-state index contributed by atoms with van der Waals surface area (Å²) in [6.07, 6.45) is 1.60. The Morgan fingerprint density at radius 1 is 0.763 bits per heavy atom. The van der Waals surface area contributed by atoms with Crippen LogP contribution in [0, 0.1) is 0 Å². The van der Waals surface area contributed by atoms with E-state index >= 15 is 0 Å². The molecule has 0 radical (unpaired) electrons. The number of ether oxygens (including phenoxy) is 1. The van der Waals surface area contributed by atoms with E-state index in [2.05, 4.69) is 65.3 Å². The van der Waals surface area contributed by atoms with Gasteiger partial charge in [0, 0.05) is 17.3 Å². The minimum Gasteiger partial charge on any atom is -0.460 e. The highest BCUT2D eigenvalue weighted by molar-refractivity contribution is 7.39. The van der Waals surface area contributed by atoms with Gasteiger partial charge in [0.2, 0.25) is 0 Å². The second-order valence-corrected chi connectivity index (χ2v) is 11.0. The summed E-state index contributed by atoms with van der Waals surface area (Å²) < 4.78 is 21.2. The quantitative estimate of drug-likeness (QED) is 0.219. The molecule has 1 aliphatic rings. The zero-order valence-corrected chi connectivity index (χ0v) is 21.6. The molecule has 0 amide bonds. The zero-order valence-electron chi connectivity index (χ0n) is 20.7. The third kappa shape index (κ3) is 4.05. The molecule has 38 heavy (non-hydrogen) atoms. The van der Waals surface area contributed by atoms with Gasteiger partial charge < -0.3 is 13.1 Å². The maximum atomic E-state index is 13.2. The van der Waals surface area contributed by atoms with Gasteiger partial charge in [-0.25, -0.2) is 0 Å². The molecule has 1 saturated heterocycles. The lowest BCUT2D eigenvalue weighted by molar-refractivity contribution is -0.146. The van der Waals surface area contributed by atoms with E-state index in [4.69, 9.17) is 13.1 Å². The zero-order chi connectivity index (χ0) is 25.5. The summed E-state index contributed by atoms with van der Waals surface area (Å²) in [7, 11) is -1.59. The normalized spacial score (nSPS) is 15.9. The summed E-state index contributed by atoms with van der Waals surface area (Å²) in [5.41, 5.74) is 2.51. The van der Waals surface area contributed by atoms with Crippen LogP contribution >= 0.6 is 8.16 Å². The van der Waals surface area contributed by atoms with Crippen LogP contribution in [-0.4, -0.2) is 18.6 Å². The highest BCUT2D eigenvalue weighted by atomic mass is 31.1. The Morgan fingerprint density at radius 2 is 1.34 bits per heavy atom. The lowest BCUT2D eigenvalue weighted by Crippen LogP contribution is -2.35. The van der Waals surface area contributed by atoms with Gasteiger partial charge in [0.25, 0.3) is 0 Å². The van der Waals surface area contributed by atoms with Crippen molar-refractivity contribution in [3.05, 3.63) is 109 Å². The number of hydrogen-bond donors (Lipinski definition) is 0. The average Bonchev–Trinajstić information content (AvgIpc) is 3.39. The summed E-state index contributed by atoms with van der Waals surface area (Å²) >= 11 is 0. The number of hydrogen-bond acceptors (Lipinski definition) is 5. The molecule has 0 bridgehead atoms. The van der Waals surface area contributed by atoms with Crippen molar-refractivity contribution < 1.29 is 17.9 Å². The van der Waals surface area contributed by atoms with E-state index in [0.29, 0.717) is 13.0 Å². The molecule has 6 heteroatoms. The molecule has 6 aromatic rings. The van der Waals surface area contributed by atoms with Crippen molar-refractivity contribution >= 4 is 57.6 Å². The van der Waals surface area contributed by atoms with E-state index in [9.17, 15) is 4.79 Å². The summed E-state index contributed by atoms with van der Waals surface area (Å²) in [6.45, 7) is 0.968. The molecule has 5 nitrogen and oxygen atoms in total. The van der Waals surface area contributed by atoms with Crippen molar-refractivity contribution in [2.75, 3.05) is 11.2 Å². The van der Waals surface area contributed by atoms with Gasteiger partial charge in [-0.2, -0.15) is 4.67 Å². The van der Waals surface area contributed by atoms with Crippen LogP contribution in [0.3, 0.4) is 0 Å². The minimum absolute atomic E-state index is 0.234. The number of nitrogens with zero attached hydrogens (tertiary/aromatic N) is 1. The number of carbonyl (C=O) groups excluding carboxylic acids is 1. The molecule has 0 saturated carbocycles. The lowest BCUT2D eigenvalue weighted by Gasteiger charge is -2.19. The Morgan fingerprint density at radius 3 is 1.97 bits per heavy atom. The summed E-state index contributed by atoms with van der Waals surface area (Å²) in [4.78, 5) is 13.2. The predicted molar refractivity (Wildman–Crippen MR) is 154 cm³/mol. The second kappa shape index (κ2) is 9.68. The highest BCUT2D eigenvalue weighted by Crippen LogP contribution is 2.44. The van der Waals surface area contributed by atoms with Crippen LogP contribution in [0.1, 0.15) is 18.4 Å². The number of benzene rings is 5. The summed E-state index contributed by atoms with van der Waals surface area (Å²) in [6, 6.07) is 34.3. The predicted octanol–water partition coefficient (Wildman–Crippen LogP) is 8.44. The summed E-state index contributed by atoms with van der Waals surface area (Å²) in [5.74, 6) is -0.234. The lowest BCUT2D eigenvalue weighted by atomic mass is 9.99. The number of fused-ring (bicyclic) bond motifs is 7. The van der Waals surface area contributed by atoms with Crippen molar-refractivity contribution in [1.29, 1.82) is 0 Å². The van der Waals surface area contributed by atoms with Gasteiger partial charge >= 0.3 is 14.1 Å². The average molecular weight is 520 g/mol. The van der Waals surface area contributed by atoms with Gasteiger partial charge in [0.15, 0.2) is 0 Å². The Hall–Kier alpha value is -4.05. The fourth-order valence-electron chi connectivity index (χ4n) is 5.47. The standard InChI is InChI=1S/C32H26NO4P/c34-32(35-21-22-9-2-1-3-10-22)27-15-8-20-33(27)38-36-28-18-16-23-11-4-6-13-25(23)30(28)31-26-14-7-5-12-24(26)17-19-29(31)37-38/h1-7,9-14,16-19,27H,8,15,20-21H2/t27-/m0/s1. The first kappa shape index (κ1) is 23.1. The SMILES string of the molecule is O=C(OCc1ccccc1)[C@@H]1CCCN1p1oc2ccc3ccccc3c2c2c(ccc3ccccc32)o1. The van der Waals surface area contributed by atoms with Crippen LogP contribution in [0.4, 0.5) is 0 Å². The van der Waals surface area contributed by atoms with Crippen LogP contribution in [0.5, 0.6) is 0 Å². The van der Waals surface area contributed by atoms with Crippen molar-refractivity contribution in [1.82, 2.24) is 0 Å². The first-order valence-electron chi connectivity index (χ1n) is 12.9. The van der Waals surface area contributed by atoms with Crippen LogP contribution in [0.15, 0.2) is 112 Å². The Labute approximate surface area is 220 Å². The topological polar surface area (TPSA) is 55.8 Å². The van der Waals surface area contributed by atoms with Gasteiger partial charge in [-0.3, -0.25) is 4.79 Å². The fourth-order valence-corrected chi connectivity index (χ4v) is 7.10. The van der Waals surface area contributed by atoms with Crippen LogP contribution < -0.4 is 4.67 Å². The number of esters is 1. The molecule has 1 aromatic heterocycles. The molecule has 2 heterocycles. The second-order valence-electron chi connectivity index (χ2n) is 9.65. The molecule has 1 atom stereocenters. The molecular weight excluding hydrogens is 493 g/mol. The maximum Gasteiger partial charge on any atom is 0.324 e. The van der Waals surface area contributed by atoms with E-state index < -0.39 is 14.2 Å². The molecule has 188 valence electrons. The van der Waals surface area contributed by atoms with Crippen LogP contribution in [-0.2, 0) is 16.1 Å². The molecular formula is C32H26NO4P. The third-order valence-corrected chi connectivity index (χ3v) is 8.92. The summed E-state index contributed by atoms with van der Waals surface area (Å²) in [5, 5.41) is 6.57. The highest BCUT2D eigenvalue weighted by Gasteiger charge is 2.36. The van der Waals surface area contributed by atoms with Crippen LogP contribution in [0.2, 0.25) is 0 Å². The molecule has 5 aromatic carbocycles. The molecule has 7 rings (SSSR count). The molecule has 0 aliphatic carbocycles. The van der Waals surface area contributed by atoms with E-state index in [1.165, 1.54) is 0 Å². The van der Waals surface area contributed by atoms with E-state index in [1.54, 1.807) is 0 Å². The van der Waals surface area contributed by atoms with Crippen molar-refractivity contribution in [2.24, 2.45) is 0 Å². The smallest absolute Gasteiger partial charge is 0.324 e. The van der Waals surface area contributed by atoms with Gasteiger partial charge in [0.05, 0.1) is 0 Å². The molecule has 1 aliphatic heterocycles. The molecule has 0 unspecified atom stereocenters. The minimum atomic E-state index is -1.59. The van der Waals surface area contributed by atoms with E-state index in [0.717, 1.165) is 55.5 Å². The van der Waals surface area contributed by atoms with Gasteiger partial charge in [-0.1, -0.05) is 91.0 Å². The first-order chi connectivity index (χ1) is 18.8. The van der Waals surface area contributed by atoms with Crippen molar-refractivity contribution in [2.45, 2.75) is 25.5 Å². The first-order valence-corrected chi connectivity index (χ1v) is 14.1. The number of rotatable bonds is 4. The monoisotopic (exact) mass is 519 g/mol. The molecule has 1 fully saturated rings. The van der Waals surface area contributed by atoms with Gasteiger partial charge in [-0.15, -0.1) is 0 Å². The van der Waals surface area contributed by atoms with Crippen molar-refractivity contribution in [3.63, 3.8) is 0 Å². The van der Waals surface area contributed by atoms with Gasteiger partial charge in [-0.05, 0) is 52.1 Å². The Bertz CT molecular complexity index is 1750. The Balaban J connectivity index is 1.40. The Kier molecular flexibility index (Phi) is 5.88. The van der Waals surface area contributed by atoms with Gasteiger partial charge in [0.1, 0.15) is 23.8 Å². The number of carbonyl (C=O) groups is 1. The largest absolute Gasteiger partial charge is 0.460 e. The molecule has 0 N–H and O–H groups in total. The third-order valence-electron chi connectivity index (χ3n) is 7.31. The van der Waals surface area contributed by atoms with E-state index in [-0.39, 0.29) is 12.6 Å². The van der Waals surface area contributed by atoms with E-state index in [1.807, 2.05) is 42.5 Å².